The first-order valence-electron chi connectivity index (χ1n) is 16.6. The molecule has 0 saturated carbocycles. The molecule has 0 aromatic heterocycles. The molecular formula is C40H42O7. The maximum Gasteiger partial charge on any atom is 0.150 e. The van der Waals surface area contributed by atoms with E-state index in [1.165, 1.54) is 0 Å². The van der Waals surface area contributed by atoms with Crippen LogP contribution in [0, 0.1) is 0 Å². The van der Waals surface area contributed by atoms with E-state index in [1.807, 2.05) is 36.4 Å². The highest BCUT2D eigenvalue weighted by Gasteiger charge is 2.23. The highest BCUT2D eigenvalue weighted by atomic mass is 16.5. The summed E-state index contributed by atoms with van der Waals surface area (Å²) in [6, 6.07) is 20.1. The standard InChI is InChI=1S/C40H42O7/c1-3-11-44-37-29-7-5-8-30(37)22-34-18-28(26-42)20-36-24-32-10-6-9-31(38(32)45-12-4-2)23-35-19-27(25-41)17-33(21-29)39(35)46-15-13-43-14-16-47-40(34)36/h5-10,17-20,25-26H,3-4,11-16,21-24H2,1-2H3. The highest BCUT2D eigenvalue weighted by molar-refractivity contribution is 5.78. The summed E-state index contributed by atoms with van der Waals surface area (Å²) >= 11 is 0. The van der Waals surface area contributed by atoms with E-state index in [4.69, 9.17) is 23.7 Å². The molecule has 244 valence electrons. The second kappa shape index (κ2) is 15.3. The fourth-order valence-electron chi connectivity index (χ4n) is 6.53. The number of para-hydroxylation sites is 2. The SMILES string of the molecule is CCCOc1c2cccc1Cc1cc(C=O)cc3c1OCCOCCOc1c(cc(C=O)cc1Cc1cccc(c1OCCC)C3)C2. The summed E-state index contributed by atoms with van der Waals surface area (Å²) in [5, 5.41) is 0. The molecule has 0 radical (unpaired) electrons. The number of benzene rings is 4. The molecule has 3 aliphatic rings. The van der Waals surface area contributed by atoms with Crippen molar-refractivity contribution >= 4 is 12.6 Å². The largest absolute Gasteiger partial charge is 0.493 e. The summed E-state index contributed by atoms with van der Waals surface area (Å²) in [7, 11) is 0. The van der Waals surface area contributed by atoms with Gasteiger partial charge >= 0.3 is 0 Å². The van der Waals surface area contributed by atoms with Gasteiger partial charge in [0.1, 0.15) is 48.8 Å². The topological polar surface area (TPSA) is 80.3 Å². The van der Waals surface area contributed by atoms with E-state index in [2.05, 4.69) is 38.1 Å². The zero-order valence-corrected chi connectivity index (χ0v) is 27.3. The third-order valence-corrected chi connectivity index (χ3v) is 8.53. The quantitative estimate of drug-likeness (QED) is 0.130. The molecule has 10 bridgehead atoms. The van der Waals surface area contributed by atoms with Gasteiger partial charge in [-0.1, -0.05) is 50.2 Å². The predicted octanol–water partition coefficient (Wildman–Crippen LogP) is 7.35. The minimum atomic E-state index is 0.337. The van der Waals surface area contributed by atoms with E-state index in [0.717, 1.165) is 92.9 Å². The van der Waals surface area contributed by atoms with E-state index >= 15 is 0 Å². The number of fused-ring (bicyclic) bond motifs is 6. The molecular weight excluding hydrogens is 592 g/mol. The third-order valence-electron chi connectivity index (χ3n) is 8.53. The lowest BCUT2D eigenvalue weighted by atomic mass is 9.90. The molecule has 0 atom stereocenters. The summed E-state index contributed by atoms with van der Waals surface area (Å²) in [6.45, 7) is 6.72. The Hall–Kier alpha value is -4.62. The zero-order valence-electron chi connectivity index (χ0n) is 27.3. The molecule has 0 N–H and O–H groups in total. The van der Waals surface area contributed by atoms with Crippen molar-refractivity contribution < 1.29 is 33.3 Å². The van der Waals surface area contributed by atoms with Crippen molar-refractivity contribution in [3.05, 3.63) is 116 Å². The fraction of sp³-hybridized carbons (Fsp3) is 0.350. The van der Waals surface area contributed by atoms with Crippen LogP contribution in [0.2, 0.25) is 0 Å². The molecule has 2 aliphatic heterocycles. The number of aldehydes is 2. The minimum Gasteiger partial charge on any atom is -0.493 e. The fourth-order valence-corrected chi connectivity index (χ4v) is 6.53. The van der Waals surface area contributed by atoms with Crippen LogP contribution in [-0.2, 0) is 30.4 Å². The van der Waals surface area contributed by atoms with Gasteiger partial charge in [-0.05, 0) is 81.6 Å². The average Bonchev–Trinajstić information content (AvgIpc) is 3.07. The lowest BCUT2D eigenvalue weighted by Crippen LogP contribution is -2.16. The van der Waals surface area contributed by atoms with Crippen LogP contribution in [0.5, 0.6) is 23.0 Å². The van der Waals surface area contributed by atoms with Crippen LogP contribution in [0.15, 0.2) is 60.7 Å². The van der Waals surface area contributed by atoms with Gasteiger partial charge in [-0.15, -0.1) is 0 Å². The van der Waals surface area contributed by atoms with Gasteiger partial charge in [0.2, 0.25) is 0 Å². The van der Waals surface area contributed by atoms with E-state index in [0.29, 0.717) is 76.5 Å². The summed E-state index contributed by atoms with van der Waals surface area (Å²) in [4.78, 5) is 24.7. The van der Waals surface area contributed by atoms with E-state index in [-0.39, 0.29) is 0 Å². The van der Waals surface area contributed by atoms with Crippen LogP contribution in [0.4, 0.5) is 0 Å². The first-order valence-corrected chi connectivity index (χ1v) is 16.6. The predicted molar refractivity (Wildman–Crippen MR) is 181 cm³/mol. The lowest BCUT2D eigenvalue weighted by Gasteiger charge is -2.24. The maximum absolute atomic E-state index is 12.3. The molecule has 4 aromatic carbocycles. The van der Waals surface area contributed by atoms with Crippen molar-refractivity contribution in [1.29, 1.82) is 0 Å². The van der Waals surface area contributed by atoms with Crippen LogP contribution >= 0.6 is 0 Å². The van der Waals surface area contributed by atoms with Crippen molar-refractivity contribution in [3.63, 3.8) is 0 Å². The summed E-state index contributed by atoms with van der Waals surface area (Å²) in [6.07, 6.45) is 5.51. The number of hydrogen-bond acceptors (Lipinski definition) is 7. The van der Waals surface area contributed by atoms with Crippen molar-refractivity contribution in [2.75, 3.05) is 39.6 Å². The first kappa shape index (κ1) is 32.3. The first-order chi connectivity index (χ1) is 23.1. The molecule has 1 aliphatic carbocycles. The average molecular weight is 635 g/mol. The summed E-state index contributed by atoms with van der Waals surface area (Å²) in [5.74, 6) is 3.11. The van der Waals surface area contributed by atoms with Gasteiger partial charge < -0.3 is 23.7 Å². The molecule has 7 heteroatoms. The molecule has 0 fully saturated rings. The van der Waals surface area contributed by atoms with Gasteiger partial charge in [0.25, 0.3) is 0 Å². The number of carbonyl (C=O) groups excluding carboxylic acids is 2. The molecule has 2 heterocycles. The molecule has 7 nitrogen and oxygen atoms in total. The lowest BCUT2D eigenvalue weighted by molar-refractivity contribution is 0.0755. The van der Waals surface area contributed by atoms with Gasteiger partial charge in [-0.2, -0.15) is 0 Å². The summed E-state index contributed by atoms with van der Waals surface area (Å²) in [5.41, 5.74) is 8.78. The van der Waals surface area contributed by atoms with Gasteiger partial charge in [0.15, 0.2) is 0 Å². The van der Waals surface area contributed by atoms with Crippen LogP contribution in [0.25, 0.3) is 0 Å². The van der Waals surface area contributed by atoms with Crippen molar-refractivity contribution in [2.45, 2.75) is 52.4 Å². The molecule has 4 aromatic rings. The Labute approximate surface area is 276 Å². The van der Waals surface area contributed by atoms with Crippen molar-refractivity contribution in [2.24, 2.45) is 0 Å². The second-order valence-electron chi connectivity index (χ2n) is 12.1. The van der Waals surface area contributed by atoms with Crippen molar-refractivity contribution in [1.82, 2.24) is 0 Å². The smallest absolute Gasteiger partial charge is 0.150 e. The van der Waals surface area contributed by atoms with Gasteiger partial charge in [-0.3, -0.25) is 9.59 Å². The highest BCUT2D eigenvalue weighted by Crippen LogP contribution is 2.39. The van der Waals surface area contributed by atoms with Gasteiger partial charge in [0, 0.05) is 36.8 Å². The number of carbonyl (C=O) groups is 2. The Kier molecular flexibility index (Phi) is 10.5. The second-order valence-corrected chi connectivity index (χ2v) is 12.1. The number of rotatable bonds is 8. The molecule has 0 unspecified atom stereocenters. The molecule has 7 rings (SSSR count). The maximum atomic E-state index is 12.3. The monoisotopic (exact) mass is 634 g/mol. The Morgan fingerprint density at radius 2 is 0.915 bits per heavy atom. The Balaban J connectivity index is 1.67. The molecule has 0 saturated heterocycles. The van der Waals surface area contributed by atoms with E-state index in [9.17, 15) is 9.59 Å². The van der Waals surface area contributed by atoms with Gasteiger partial charge in [0.05, 0.1) is 26.4 Å². The Bertz CT molecular complexity index is 1520. The van der Waals surface area contributed by atoms with E-state index in [1.54, 1.807) is 0 Å². The van der Waals surface area contributed by atoms with Crippen LogP contribution in [0.1, 0.15) is 91.9 Å². The molecule has 0 spiro atoms. The minimum absolute atomic E-state index is 0.337. The van der Waals surface area contributed by atoms with Crippen LogP contribution < -0.4 is 18.9 Å². The number of ether oxygens (including phenoxy) is 5. The van der Waals surface area contributed by atoms with E-state index < -0.39 is 0 Å². The zero-order chi connectivity index (χ0) is 32.6. The number of hydrogen-bond donors (Lipinski definition) is 0. The normalized spacial score (nSPS) is 14.3. The van der Waals surface area contributed by atoms with Crippen molar-refractivity contribution in [3.8, 4) is 23.0 Å². The Morgan fingerprint density at radius 3 is 1.23 bits per heavy atom. The van der Waals surface area contributed by atoms with Crippen LogP contribution in [-0.4, -0.2) is 52.2 Å². The summed E-state index contributed by atoms with van der Waals surface area (Å²) < 4.78 is 32.0. The third kappa shape index (κ3) is 7.36. The Morgan fingerprint density at radius 1 is 0.553 bits per heavy atom. The molecule has 47 heavy (non-hydrogen) atoms. The van der Waals surface area contributed by atoms with Gasteiger partial charge in [-0.25, -0.2) is 0 Å². The molecule has 0 amide bonds. The van der Waals surface area contributed by atoms with Crippen LogP contribution in [0.3, 0.4) is 0 Å².